The Morgan fingerprint density at radius 3 is 2.80 bits per heavy atom. The maximum atomic E-state index is 12.2. The summed E-state index contributed by atoms with van der Waals surface area (Å²) in [6.45, 7) is 0. The number of imidazole rings is 1. The fourth-order valence-corrected chi connectivity index (χ4v) is 3.14. The van der Waals surface area contributed by atoms with E-state index < -0.39 is 0 Å². The summed E-state index contributed by atoms with van der Waals surface area (Å²) in [5.74, 6) is 1.04. The summed E-state index contributed by atoms with van der Waals surface area (Å²) in [6, 6.07) is 7.76. The largest absolute Gasteiger partial charge is 0.322 e. The summed E-state index contributed by atoms with van der Waals surface area (Å²) in [7, 11) is 0. The lowest BCUT2D eigenvalue weighted by molar-refractivity contribution is -0.117. The number of hydrogen-bond donors (Lipinski definition) is 1. The van der Waals surface area contributed by atoms with E-state index in [0.29, 0.717) is 18.3 Å². The van der Waals surface area contributed by atoms with Crippen molar-refractivity contribution in [1.82, 2.24) is 9.97 Å². The molecule has 1 amide bonds. The average Bonchev–Trinajstić information content (AvgIpc) is 3.16. The standard InChI is InChI=1S/C15H16N4O/c20-14-9-13(10-5-1-2-6-10)18-19(14)15-16-11-7-3-4-8-12(11)17-15/h3-4,7-8,10H,1-2,5-6,9H2,(H,16,17). The van der Waals surface area contributed by atoms with Gasteiger partial charge in [-0.3, -0.25) is 4.79 Å². The third kappa shape index (κ3) is 1.81. The van der Waals surface area contributed by atoms with Crippen LogP contribution in [0.15, 0.2) is 29.4 Å². The molecule has 2 aromatic rings. The SMILES string of the molecule is O=C1CC(C2CCCC2)=NN1c1nc2ccccc2[nH]1. The highest BCUT2D eigenvalue weighted by atomic mass is 16.2. The van der Waals surface area contributed by atoms with Gasteiger partial charge in [0.1, 0.15) is 0 Å². The van der Waals surface area contributed by atoms with Crippen molar-refractivity contribution in [3.8, 4) is 0 Å². The van der Waals surface area contributed by atoms with Crippen LogP contribution in [0.25, 0.3) is 11.0 Å². The Bertz CT molecular complexity index is 664. The molecule has 1 aromatic carbocycles. The molecule has 5 heteroatoms. The van der Waals surface area contributed by atoms with Crippen LogP contribution in [0.4, 0.5) is 5.95 Å². The van der Waals surface area contributed by atoms with Gasteiger partial charge in [0.05, 0.1) is 23.2 Å². The van der Waals surface area contributed by atoms with Crippen LogP contribution in [0.1, 0.15) is 32.1 Å². The number of aromatic amines is 1. The molecule has 0 spiro atoms. The van der Waals surface area contributed by atoms with Crippen LogP contribution < -0.4 is 5.01 Å². The van der Waals surface area contributed by atoms with Crippen LogP contribution >= 0.6 is 0 Å². The summed E-state index contributed by atoms with van der Waals surface area (Å²) in [4.78, 5) is 19.8. The number of carbonyl (C=O) groups is 1. The number of nitrogens with zero attached hydrogens (tertiary/aromatic N) is 3. The van der Waals surface area contributed by atoms with E-state index in [4.69, 9.17) is 0 Å². The summed E-state index contributed by atoms with van der Waals surface area (Å²) in [5, 5.41) is 5.96. The molecule has 0 bridgehead atoms. The minimum absolute atomic E-state index is 0.0194. The predicted molar refractivity (Wildman–Crippen MR) is 77.6 cm³/mol. The van der Waals surface area contributed by atoms with Gasteiger partial charge in [0.2, 0.25) is 5.95 Å². The lowest BCUT2D eigenvalue weighted by atomic mass is 10.00. The van der Waals surface area contributed by atoms with Gasteiger partial charge in [-0.05, 0) is 30.9 Å². The smallest absolute Gasteiger partial charge is 0.255 e. The van der Waals surface area contributed by atoms with E-state index in [0.717, 1.165) is 16.7 Å². The molecule has 102 valence electrons. The van der Waals surface area contributed by atoms with E-state index in [-0.39, 0.29) is 5.91 Å². The van der Waals surface area contributed by atoms with Gasteiger partial charge in [-0.2, -0.15) is 10.1 Å². The van der Waals surface area contributed by atoms with Gasteiger partial charge >= 0.3 is 0 Å². The first-order valence-electron chi connectivity index (χ1n) is 7.16. The van der Waals surface area contributed by atoms with E-state index >= 15 is 0 Å². The lowest BCUT2D eigenvalue weighted by Gasteiger charge is -2.07. The number of rotatable bonds is 2. The van der Waals surface area contributed by atoms with E-state index in [1.165, 1.54) is 30.7 Å². The summed E-state index contributed by atoms with van der Waals surface area (Å²) in [6.07, 6.45) is 5.28. The molecule has 0 saturated heterocycles. The molecule has 2 heterocycles. The number of hydrogen-bond acceptors (Lipinski definition) is 3. The number of H-pyrrole nitrogens is 1. The first kappa shape index (κ1) is 11.6. The molecule has 1 aliphatic heterocycles. The van der Waals surface area contributed by atoms with Crippen molar-refractivity contribution in [2.45, 2.75) is 32.1 Å². The van der Waals surface area contributed by atoms with Crippen molar-refractivity contribution in [2.24, 2.45) is 11.0 Å². The van der Waals surface area contributed by atoms with Gasteiger partial charge < -0.3 is 4.98 Å². The Morgan fingerprint density at radius 2 is 2.00 bits per heavy atom. The minimum atomic E-state index is 0.0194. The Morgan fingerprint density at radius 1 is 1.20 bits per heavy atom. The van der Waals surface area contributed by atoms with Crippen molar-refractivity contribution < 1.29 is 4.79 Å². The Kier molecular flexibility index (Phi) is 2.58. The van der Waals surface area contributed by atoms with Gasteiger partial charge in [-0.15, -0.1) is 0 Å². The van der Waals surface area contributed by atoms with Gasteiger partial charge in [0, 0.05) is 0 Å². The van der Waals surface area contributed by atoms with E-state index in [9.17, 15) is 4.79 Å². The number of hydrazone groups is 1. The molecule has 2 aliphatic rings. The third-order valence-corrected chi connectivity index (χ3v) is 4.20. The van der Waals surface area contributed by atoms with Gasteiger partial charge in [0.15, 0.2) is 0 Å². The molecule has 20 heavy (non-hydrogen) atoms. The van der Waals surface area contributed by atoms with Crippen molar-refractivity contribution in [3.63, 3.8) is 0 Å². The first-order chi connectivity index (χ1) is 9.81. The second-order valence-corrected chi connectivity index (χ2v) is 5.53. The lowest BCUT2D eigenvalue weighted by Crippen LogP contribution is -2.20. The quantitative estimate of drug-likeness (QED) is 0.910. The summed E-state index contributed by atoms with van der Waals surface area (Å²) in [5.41, 5.74) is 2.83. The number of amides is 1. The van der Waals surface area contributed by atoms with Gasteiger partial charge in [-0.1, -0.05) is 25.0 Å². The van der Waals surface area contributed by atoms with Crippen LogP contribution in [-0.4, -0.2) is 21.6 Å². The highest BCUT2D eigenvalue weighted by molar-refractivity contribution is 6.13. The Labute approximate surface area is 116 Å². The summed E-state index contributed by atoms with van der Waals surface area (Å²) < 4.78 is 0. The fourth-order valence-electron chi connectivity index (χ4n) is 3.14. The van der Waals surface area contributed by atoms with Crippen LogP contribution in [0, 0.1) is 5.92 Å². The van der Waals surface area contributed by atoms with Crippen LogP contribution in [0.5, 0.6) is 0 Å². The predicted octanol–water partition coefficient (Wildman–Crippen LogP) is 2.85. The van der Waals surface area contributed by atoms with Crippen LogP contribution in [0.2, 0.25) is 0 Å². The van der Waals surface area contributed by atoms with Crippen molar-refractivity contribution in [3.05, 3.63) is 24.3 Å². The zero-order valence-electron chi connectivity index (χ0n) is 11.2. The molecule has 5 nitrogen and oxygen atoms in total. The Balaban J connectivity index is 1.68. The number of fused-ring (bicyclic) bond motifs is 1. The van der Waals surface area contributed by atoms with Crippen LogP contribution in [-0.2, 0) is 4.79 Å². The van der Waals surface area contributed by atoms with E-state index in [1.807, 2.05) is 24.3 Å². The van der Waals surface area contributed by atoms with Crippen molar-refractivity contribution in [1.29, 1.82) is 0 Å². The van der Waals surface area contributed by atoms with Crippen molar-refractivity contribution >= 4 is 28.6 Å². The molecular formula is C15H16N4O. The highest BCUT2D eigenvalue weighted by Gasteiger charge is 2.32. The van der Waals surface area contributed by atoms with Gasteiger partial charge in [0.25, 0.3) is 5.91 Å². The molecule has 0 unspecified atom stereocenters. The number of para-hydroxylation sites is 2. The molecule has 0 radical (unpaired) electrons. The summed E-state index contributed by atoms with van der Waals surface area (Å²) >= 11 is 0. The molecule has 1 N–H and O–H groups in total. The number of anilines is 1. The minimum Gasteiger partial charge on any atom is -0.322 e. The van der Waals surface area contributed by atoms with Crippen LogP contribution in [0.3, 0.4) is 0 Å². The fraction of sp³-hybridized carbons (Fsp3) is 0.400. The molecule has 1 aromatic heterocycles. The molecule has 1 aliphatic carbocycles. The second kappa shape index (κ2) is 4.44. The molecule has 4 rings (SSSR count). The molecular weight excluding hydrogens is 252 g/mol. The zero-order chi connectivity index (χ0) is 13.5. The number of aromatic nitrogens is 2. The maximum Gasteiger partial charge on any atom is 0.255 e. The number of nitrogens with one attached hydrogen (secondary N) is 1. The van der Waals surface area contributed by atoms with Crippen molar-refractivity contribution in [2.75, 3.05) is 5.01 Å². The molecule has 1 saturated carbocycles. The first-order valence-corrected chi connectivity index (χ1v) is 7.16. The van der Waals surface area contributed by atoms with E-state index in [2.05, 4.69) is 15.1 Å². The second-order valence-electron chi connectivity index (χ2n) is 5.53. The zero-order valence-corrected chi connectivity index (χ0v) is 11.2. The average molecular weight is 268 g/mol. The monoisotopic (exact) mass is 268 g/mol. The topological polar surface area (TPSA) is 61.4 Å². The third-order valence-electron chi connectivity index (χ3n) is 4.20. The maximum absolute atomic E-state index is 12.2. The normalized spacial score (nSPS) is 20.1. The molecule has 1 fully saturated rings. The Hall–Kier alpha value is -2.17. The number of carbonyl (C=O) groups excluding carboxylic acids is 1. The highest BCUT2D eigenvalue weighted by Crippen LogP contribution is 2.31. The van der Waals surface area contributed by atoms with E-state index in [1.54, 1.807) is 0 Å². The molecule has 0 atom stereocenters. The van der Waals surface area contributed by atoms with Gasteiger partial charge in [-0.25, -0.2) is 4.98 Å². The number of benzene rings is 1.